The monoisotopic (exact) mass is 292 g/mol. The molecule has 0 amide bonds. The van der Waals surface area contributed by atoms with Gasteiger partial charge < -0.3 is 4.42 Å². The van der Waals surface area contributed by atoms with E-state index in [-0.39, 0.29) is 0 Å². The van der Waals surface area contributed by atoms with E-state index >= 15 is 0 Å². The van der Waals surface area contributed by atoms with Crippen LogP contribution in [0, 0.1) is 0 Å². The molecule has 0 bridgehead atoms. The van der Waals surface area contributed by atoms with E-state index in [9.17, 15) is 0 Å². The van der Waals surface area contributed by atoms with Crippen LogP contribution in [0.2, 0.25) is 0 Å². The predicted molar refractivity (Wildman–Crippen MR) is 93.2 cm³/mol. The molecule has 1 aromatic rings. The summed E-state index contributed by atoms with van der Waals surface area (Å²) in [5, 5.41) is 0. The Morgan fingerprint density at radius 1 is 0.524 bits per heavy atom. The smallest absolute Gasteiger partial charge is 0.107 e. The van der Waals surface area contributed by atoms with E-state index in [2.05, 4.69) is 27.7 Å². The van der Waals surface area contributed by atoms with Gasteiger partial charge in [-0.3, -0.25) is 0 Å². The molecule has 0 aliphatic carbocycles. The lowest BCUT2D eigenvalue weighted by Crippen LogP contribution is -1.98. The molecular weight excluding hydrogens is 256 g/mol. The molecule has 0 radical (unpaired) electrons. The third-order valence-electron chi connectivity index (χ3n) is 4.36. The van der Waals surface area contributed by atoms with Crippen LogP contribution in [0.3, 0.4) is 0 Å². The third kappa shape index (κ3) is 5.88. The Bertz CT molecular complexity index is 341. The second kappa shape index (κ2) is 10.9. The molecule has 0 saturated carbocycles. The first kappa shape index (κ1) is 18.3. The second-order valence-corrected chi connectivity index (χ2v) is 6.32. The fourth-order valence-electron chi connectivity index (χ4n) is 2.97. The highest BCUT2D eigenvalue weighted by atomic mass is 16.3. The van der Waals surface area contributed by atoms with E-state index in [4.69, 9.17) is 4.42 Å². The molecule has 122 valence electrons. The van der Waals surface area contributed by atoms with Gasteiger partial charge in [0, 0.05) is 12.8 Å². The molecule has 1 nitrogen and oxygen atoms in total. The summed E-state index contributed by atoms with van der Waals surface area (Å²) in [5.41, 5.74) is 3.18. The van der Waals surface area contributed by atoms with Crippen LogP contribution < -0.4 is 0 Å². The standard InChI is InChI=1S/C20H36O/c1-5-9-13-17-18(14-10-6-2)20(16-12-8-4)21-19(17)15-11-7-3/h5-16H2,1-4H3. The SMILES string of the molecule is CCCCc1oc(CCCC)c(CCCC)c1CCCC. The first-order valence-corrected chi connectivity index (χ1v) is 9.40. The summed E-state index contributed by atoms with van der Waals surface area (Å²) in [5.74, 6) is 2.64. The highest BCUT2D eigenvalue weighted by molar-refractivity contribution is 5.34. The molecule has 1 heteroatoms. The van der Waals surface area contributed by atoms with Crippen molar-refractivity contribution in [2.45, 2.75) is 105 Å². The minimum atomic E-state index is 1.14. The van der Waals surface area contributed by atoms with Crippen LogP contribution in [0.25, 0.3) is 0 Å². The Balaban J connectivity index is 2.99. The van der Waals surface area contributed by atoms with E-state index < -0.39 is 0 Å². The van der Waals surface area contributed by atoms with Gasteiger partial charge in [0.15, 0.2) is 0 Å². The number of furan rings is 1. The first-order chi connectivity index (χ1) is 10.3. The minimum absolute atomic E-state index is 1.14. The summed E-state index contributed by atoms with van der Waals surface area (Å²) in [4.78, 5) is 0. The highest BCUT2D eigenvalue weighted by Gasteiger charge is 2.18. The van der Waals surface area contributed by atoms with Crippen molar-refractivity contribution in [3.63, 3.8) is 0 Å². The maximum Gasteiger partial charge on any atom is 0.107 e. The van der Waals surface area contributed by atoms with Crippen LogP contribution in [0.5, 0.6) is 0 Å². The minimum Gasteiger partial charge on any atom is -0.466 e. The van der Waals surface area contributed by atoms with E-state index in [1.165, 1.54) is 75.7 Å². The molecule has 0 saturated heterocycles. The van der Waals surface area contributed by atoms with Crippen molar-refractivity contribution in [2.75, 3.05) is 0 Å². The average Bonchev–Trinajstić information content (AvgIpc) is 2.83. The van der Waals surface area contributed by atoms with Gasteiger partial charge in [0.25, 0.3) is 0 Å². The maximum absolute atomic E-state index is 6.34. The molecule has 1 aromatic heterocycles. The van der Waals surface area contributed by atoms with E-state index in [0.29, 0.717) is 0 Å². The number of hydrogen-bond donors (Lipinski definition) is 0. The summed E-state index contributed by atoms with van der Waals surface area (Å²) in [7, 11) is 0. The van der Waals surface area contributed by atoms with Gasteiger partial charge in [0.2, 0.25) is 0 Å². The van der Waals surface area contributed by atoms with Crippen molar-refractivity contribution in [3.05, 3.63) is 22.6 Å². The first-order valence-electron chi connectivity index (χ1n) is 9.40. The Morgan fingerprint density at radius 3 is 1.19 bits per heavy atom. The van der Waals surface area contributed by atoms with Crippen molar-refractivity contribution in [2.24, 2.45) is 0 Å². The van der Waals surface area contributed by atoms with Gasteiger partial charge in [-0.2, -0.15) is 0 Å². The van der Waals surface area contributed by atoms with Crippen molar-refractivity contribution < 1.29 is 4.42 Å². The quantitative estimate of drug-likeness (QED) is 0.420. The molecule has 0 aromatic carbocycles. The Hall–Kier alpha value is -0.720. The molecule has 0 spiro atoms. The van der Waals surface area contributed by atoms with Crippen LogP contribution in [-0.4, -0.2) is 0 Å². The van der Waals surface area contributed by atoms with Gasteiger partial charge in [-0.25, -0.2) is 0 Å². The van der Waals surface area contributed by atoms with E-state index in [1.807, 2.05) is 0 Å². The van der Waals surface area contributed by atoms with E-state index in [1.54, 1.807) is 11.1 Å². The molecule has 1 heterocycles. The number of aryl methyl sites for hydroxylation is 2. The third-order valence-corrected chi connectivity index (χ3v) is 4.36. The molecular formula is C20H36O. The molecule has 0 atom stereocenters. The zero-order chi connectivity index (χ0) is 15.5. The van der Waals surface area contributed by atoms with Gasteiger partial charge in [-0.15, -0.1) is 0 Å². The largest absolute Gasteiger partial charge is 0.466 e. The second-order valence-electron chi connectivity index (χ2n) is 6.32. The summed E-state index contributed by atoms with van der Waals surface area (Å²) in [6.07, 6.45) is 14.9. The van der Waals surface area contributed by atoms with Crippen molar-refractivity contribution in [1.82, 2.24) is 0 Å². The number of rotatable bonds is 12. The Kier molecular flexibility index (Phi) is 9.54. The lowest BCUT2D eigenvalue weighted by atomic mass is 9.95. The molecule has 0 fully saturated rings. The Morgan fingerprint density at radius 2 is 0.857 bits per heavy atom. The maximum atomic E-state index is 6.34. The molecule has 21 heavy (non-hydrogen) atoms. The fourth-order valence-corrected chi connectivity index (χ4v) is 2.97. The lowest BCUT2D eigenvalue weighted by molar-refractivity contribution is 0.447. The van der Waals surface area contributed by atoms with Gasteiger partial charge in [0.1, 0.15) is 11.5 Å². The van der Waals surface area contributed by atoms with E-state index in [0.717, 1.165) is 12.8 Å². The van der Waals surface area contributed by atoms with Gasteiger partial charge in [-0.1, -0.05) is 53.4 Å². The lowest BCUT2D eigenvalue weighted by Gasteiger charge is -2.06. The molecule has 0 aliphatic rings. The topological polar surface area (TPSA) is 13.1 Å². The summed E-state index contributed by atoms with van der Waals surface area (Å²) in [6, 6.07) is 0. The van der Waals surface area contributed by atoms with Crippen molar-refractivity contribution in [3.8, 4) is 0 Å². The van der Waals surface area contributed by atoms with Crippen LogP contribution >= 0.6 is 0 Å². The molecule has 0 unspecified atom stereocenters. The summed E-state index contributed by atoms with van der Waals surface area (Å²) in [6.45, 7) is 9.11. The van der Waals surface area contributed by atoms with Crippen molar-refractivity contribution in [1.29, 1.82) is 0 Å². The summed E-state index contributed by atoms with van der Waals surface area (Å²) < 4.78 is 6.34. The van der Waals surface area contributed by atoms with Gasteiger partial charge in [0.05, 0.1) is 0 Å². The normalized spacial score (nSPS) is 11.2. The summed E-state index contributed by atoms with van der Waals surface area (Å²) >= 11 is 0. The van der Waals surface area contributed by atoms with Crippen LogP contribution in [0.4, 0.5) is 0 Å². The zero-order valence-electron chi connectivity index (χ0n) is 14.9. The zero-order valence-corrected chi connectivity index (χ0v) is 14.9. The van der Waals surface area contributed by atoms with Crippen molar-refractivity contribution >= 4 is 0 Å². The highest BCUT2D eigenvalue weighted by Crippen LogP contribution is 2.29. The van der Waals surface area contributed by atoms with Crippen LogP contribution in [0.15, 0.2) is 4.42 Å². The molecule has 0 N–H and O–H groups in total. The Labute approximate surface area is 132 Å². The number of hydrogen-bond acceptors (Lipinski definition) is 1. The molecule has 0 aliphatic heterocycles. The van der Waals surface area contributed by atoms with Crippen LogP contribution in [0.1, 0.15) is 102 Å². The fraction of sp³-hybridized carbons (Fsp3) is 0.800. The average molecular weight is 293 g/mol. The van der Waals surface area contributed by atoms with Gasteiger partial charge in [-0.05, 0) is 49.7 Å². The van der Waals surface area contributed by atoms with Crippen LogP contribution in [-0.2, 0) is 25.7 Å². The predicted octanol–water partition coefficient (Wildman–Crippen LogP) is 6.65. The molecule has 1 rings (SSSR count). The number of unbranched alkanes of at least 4 members (excludes halogenated alkanes) is 4. The van der Waals surface area contributed by atoms with Gasteiger partial charge >= 0.3 is 0 Å².